The van der Waals surface area contributed by atoms with Gasteiger partial charge in [-0.1, -0.05) is 65.5 Å². The van der Waals surface area contributed by atoms with Crippen molar-refractivity contribution in [1.82, 2.24) is 0 Å². The zero-order valence-corrected chi connectivity index (χ0v) is 16.2. The Morgan fingerprint density at radius 2 is 1.19 bits per heavy atom. The van der Waals surface area contributed by atoms with Crippen molar-refractivity contribution >= 4 is 6.16 Å². The van der Waals surface area contributed by atoms with Crippen LogP contribution < -0.4 is 0 Å². The first-order valence-corrected chi connectivity index (χ1v) is 9.36. The van der Waals surface area contributed by atoms with E-state index in [0.29, 0.717) is 13.2 Å². The minimum absolute atomic E-state index is 0.410. The van der Waals surface area contributed by atoms with Crippen molar-refractivity contribution in [2.45, 2.75) is 77.8 Å². The zero-order chi connectivity index (χ0) is 19.5. The Labute approximate surface area is 157 Å². The number of hydrogen-bond donors (Lipinski definition) is 0. The van der Waals surface area contributed by atoms with Crippen molar-refractivity contribution in [3.8, 4) is 0 Å². The molecule has 0 saturated heterocycles. The lowest BCUT2D eigenvalue weighted by molar-refractivity contribution is -0.370. The summed E-state index contributed by atoms with van der Waals surface area (Å²) in [5, 5.41) is 0. The van der Waals surface area contributed by atoms with Gasteiger partial charge in [-0.3, -0.25) is 0 Å². The van der Waals surface area contributed by atoms with Crippen LogP contribution in [0.2, 0.25) is 0 Å². The number of ether oxygens (including phenoxy) is 2. The Hall–Kier alpha value is -1.41. The summed E-state index contributed by atoms with van der Waals surface area (Å²) in [7, 11) is 0. The largest absolute Gasteiger partial charge is 0.513 e. The molecular weight excluding hydrogens is 340 g/mol. The Bertz CT molecular complexity index is 328. The Balaban J connectivity index is 3.90. The molecule has 2 unspecified atom stereocenters. The minimum atomic E-state index is -1.07. The average molecular weight is 374 g/mol. The molecule has 0 aromatic heterocycles. The first-order chi connectivity index (χ1) is 12.7. The SMILES string of the molecule is C=CC(OOCCCCCC)OC(=O)OC(C=C)OOCCCCCC. The molecule has 0 fully saturated rings. The summed E-state index contributed by atoms with van der Waals surface area (Å²) in [6, 6.07) is 0. The van der Waals surface area contributed by atoms with Gasteiger partial charge in [-0.15, -0.1) is 0 Å². The first kappa shape index (κ1) is 24.6. The van der Waals surface area contributed by atoms with Gasteiger partial charge < -0.3 is 9.47 Å². The van der Waals surface area contributed by atoms with Gasteiger partial charge >= 0.3 is 6.16 Å². The van der Waals surface area contributed by atoms with Gasteiger partial charge in [-0.25, -0.2) is 14.6 Å². The maximum absolute atomic E-state index is 11.7. The van der Waals surface area contributed by atoms with Gasteiger partial charge in [0.15, 0.2) is 0 Å². The smallest absolute Gasteiger partial charge is 0.398 e. The highest BCUT2D eigenvalue weighted by Gasteiger charge is 2.18. The normalized spacial score (nSPS) is 13.0. The standard InChI is InChI=1S/C19H34O7/c1-5-9-11-13-15-21-25-17(7-3)23-19(20)24-18(8-4)26-22-16-14-12-10-6-2/h7-8,17-18H,3-6,9-16H2,1-2H3. The first-order valence-electron chi connectivity index (χ1n) is 9.36. The van der Waals surface area contributed by atoms with Crippen LogP contribution in [-0.4, -0.2) is 31.9 Å². The van der Waals surface area contributed by atoms with E-state index in [9.17, 15) is 4.79 Å². The summed E-state index contributed by atoms with van der Waals surface area (Å²) in [6.45, 7) is 12.1. The quantitative estimate of drug-likeness (QED) is 0.0813. The molecule has 152 valence electrons. The lowest BCUT2D eigenvalue weighted by Gasteiger charge is -2.16. The Morgan fingerprint density at radius 3 is 1.54 bits per heavy atom. The maximum atomic E-state index is 11.7. The molecule has 0 radical (unpaired) electrons. The van der Waals surface area contributed by atoms with Crippen LogP contribution in [0.4, 0.5) is 4.79 Å². The molecule has 7 nitrogen and oxygen atoms in total. The molecule has 0 aliphatic heterocycles. The van der Waals surface area contributed by atoms with Crippen molar-refractivity contribution in [3.63, 3.8) is 0 Å². The highest BCUT2D eigenvalue weighted by atomic mass is 17.2. The van der Waals surface area contributed by atoms with Crippen LogP contribution in [-0.2, 0) is 29.0 Å². The summed E-state index contributed by atoms with van der Waals surface area (Å²) in [6.07, 6.45) is 7.79. The van der Waals surface area contributed by atoms with Crippen molar-refractivity contribution in [3.05, 3.63) is 25.3 Å². The van der Waals surface area contributed by atoms with Gasteiger partial charge in [-0.05, 0) is 25.0 Å². The van der Waals surface area contributed by atoms with E-state index in [1.807, 2.05) is 0 Å². The van der Waals surface area contributed by atoms with E-state index in [-0.39, 0.29) is 0 Å². The second kappa shape index (κ2) is 18.4. The third-order valence-electron chi connectivity index (χ3n) is 3.30. The fourth-order valence-electron chi connectivity index (χ4n) is 1.84. The Kier molecular flexibility index (Phi) is 17.4. The van der Waals surface area contributed by atoms with E-state index < -0.39 is 18.7 Å². The van der Waals surface area contributed by atoms with E-state index in [1.165, 1.54) is 12.2 Å². The third kappa shape index (κ3) is 14.9. The second-order valence-corrected chi connectivity index (χ2v) is 5.65. The van der Waals surface area contributed by atoms with E-state index in [4.69, 9.17) is 29.0 Å². The summed E-state index contributed by atoms with van der Waals surface area (Å²) in [5.74, 6) is 0. The van der Waals surface area contributed by atoms with Crippen molar-refractivity contribution in [1.29, 1.82) is 0 Å². The van der Waals surface area contributed by atoms with Crippen LogP contribution in [0.1, 0.15) is 65.2 Å². The van der Waals surface area contributed by atoms with Crippen LogP contribution in [0.15, 0.2) is 25.3 Å². The molecule has 0 aliphatic rings. The predicted octanol–water partition coefficient (Wildman–Crippen LogP) is 5.22. The van der Waals surface area contributed by atoms with Gasteiger partial charge in [0, 0.05) is 0 Å². The number of unbranched alkanes of at least 4 members (excludes halogenated alkanes) is 6. The molecule has 0 rings (SSSR count). The van der Waals surface area contributed by atoms with Crippen molar-refractivity contribution < 1.29 is 33.8 Å². The van der Waals surface area contributed by atoms with Crippen LogP contribution in [0.3, 0.4) is 0 Å². The van der Waals surface area contributed by atoms with Gasteiger partial charge in [0.1, 0.15) is 0 Å². The molecule has 26 heavy (non-hydrogen) atoms. The van der Waals surface area contributed by atoms with Crippen LogP contribution >= 0.6 is 0 Å². The molecule has 0 heterocycles. The maximum Gasteiger partial charge on any atom is 0.513 e. The molecule has 0 aromatic carbocycles. The van der Waals surface area contributed by atoms with Crippen LogP contribution in [0.5, 0.6) is 0 Å². The average Bonchev–Trinajstić information content (AvgIpc) is 2.65. The molecule has 0 saturated carbocycles. The fourth-order valence-corrected chi connectivity index (χ4v) is 1.84. The molecule has 0 amide bonds. The topological polar surface area (TPSA) is 72.5 Å². The second-order valence-electron chi connectivity index (χ2n) is 5.65. The number of hydrogen-bond acceptors (Lipinski definition) is 7. The summed E-state index contributed by atoms with van der Waals surface area (Å²) in [4.78, 5) is 31.6. The molecule has 0 N–H and O–H groups in total. The number of carbonyl (C=O) groups is 1. The van der Waals surface area contributed by atoms with E-state index >= 15 is 0 Å². The zero-order valence-electron chi connectivity index (χ0n) is 16.2. The van der Waals surface area contributed by atoms with Crippen molar-refractivity contribution in [2.75, 3.05) is 13.2 Å². The third-order valence-corrected chi connectivity index (χ3v) is 3.30. The highest BCUT2D eigenvalue weighted by Crippen LogP contribution is 2.07. The van der Waals surface area contributed by atoms with Gasteiger partial charge in [-0.2, -0.15) is 9.78 Å². The lowest BCUT2D eigenvalue weighted by atomic mass is 10.2. The van der Waals surface area contributed by atoms with E-state index in [2.05, 4.69) is 27.0 Å². The van der Waals surface area contributed by atoms with Crippen LogP contribution in [0.25, 0.3) is 0 Å². The molecule has 0 spiro atoms. The monoisotopic (exact) mass is 374 g/mol. The highest BCUT2D eigenvalue weighted by molar-refractivity contribution is 5.60. The van der Waals surface area contributed by atoms with Crippen molar-refractivity contribution in [2.24, 2.45) is 0 Å². The molecular formula is C19H34O7. The summed E-state index contributed by atoms with van der Waals surface area (Å²) >= 11 is 0. The molecule has 0 aliphatic carbocycles. The molecule has 7 heteroatoms. The van der Waals surface area contributed by atoms with E-state index in [1.54, 1.807) is 0 Å². The lowest BCUT2D eigenvalue weighted by Crippen LogP contribution is -2.25. The Morgan fingerprint density at radius 1 is 0.769 bits per heavy atom. The minimum Gasteiger partial charge on any atom is -0.398 e. The number of carbonyl (C=O) groups excluding carboxylic acids is 1. The summed E-state index contributed by atoms with van der Waals surface area (Å²) < 4.78 is 9.82. The van der Waals surface area contributed by atoms with Gasteiger partial charge in [0.05, 0.1) is 13.2 Å². The summed E-state index contributed by atoms with van der Waals surface area (Å²) in [5.41, 5.74) is 0. The predicted molar refractivity (Wildman–Crippen MR) is 97.9 cm³/mol. The van der Waals surface area contributed by atoms with E-state index in [0.717, 1.165) is 51.4 Å². The number of rotatable bonds is 18. The van der Waals surface area contributed by atoms with Crippen LogP contribution in [0, 0.1) is 0 Å². The van der Waals surface area contributed by atoms with Gasteiger partial charge in [0.2, 0.25) is 0 Å². The molecule has 0 bridgehead atoms. The fraction of sp³-hybridized carbons (Fsp3) is 0.737. The van der Waals surface area contributed by atoms with Gasteiger partial charge in [0.25, 0.3) is 12.6 Å². The molecule has 0 aromatic rings. The molecule has 2 atom stereocenters.